The summed E-state index contributed by atoms with van der Waals surface area (Å²) in [6.45, 7) is 0.427. The first-order valence-corrected chi connectivity index (χ1v) is 11.6. The third-order valence-electron chi connectivity index (χ3n) is 6.08. The van der Waals surface area contributed by atoms with Crippen molar-refractivity contribution in [2.75, 3.05) is 39.0 Å². The van der Waals surface area contributed by atoms with Gasteiger partial charge in [-0.2, -0.15) is 0 Å². The second-order valence-electron chi connectivity index (χ2n) is 8.55. The van der Waals surface area contributed by atoms with Gasteiger partial charge in [0.2, 0.25) is 5.43 Å². The lowest BCUT2D eigenvalue weighted by molar-refractivity contribution is 0.0619. The van der Waals surface area contributed by atoms with Gasteiger partial charge in [0.15, 0.2) is 11.4 Å². The monoisotopic (exact) mass is 528 g/mol. The third-order valence-corrected chi connectivity index (χ3v) is 6.08. The van der Waals surface area contributed by atoms with E-state index >= 15 is 0 Å². The Hall–Kier alpha value is -4.45. The van der Waals surface area contributed by atoms with E-state index in [2.05, 4.69) is 5.32 Å². The van der Waals surface area contributed by atoms with E-state index in [4.69, 9.17) is 9.47 Å². The number of rotatable bonds is 9. The summed E-state index contributed by atoms with van der Waals surface area (Å²) in [5.41, 5.74) is -0.973. The van der Waals surface area contributed by atoms with E-state index in [0.29, 0.717) is 11.8 Å². The molecule has 0 unspecified atom stereocenters. The first-order valence-electron chi connectivity index (χ1n) is 11.6. The molecule has 200 valence electrons. The highest BCUT2D eigenvalue weighted by atomic mass is 19.1. The van der Waals surface area contributed by atoms with Gasteiger partial charge < -0.3 is 24.8 Å². The number of fused-ring (bicyclic) bond motifs is 1. The van der Waals surface area contributed by atoms with E-state index in [-0.39, 0.29) is 44.2 Å². The molecule has 4 rings (SSSR count). The summed E-state index contributed by atoms with van der Waals surface area (Å²) in [4.78, 5) is 40.4. The normalized spacial score (nSPS) is 12.9. The van der Waals surface area contributed by atoms with Gasteiger partial charge >= 0.3 is 0 Å². The number of ether oxygens (including phenoxy) is 2. The molecule has 0 bridgehead atoms. The maximum atomic E-state index is 14.0. The zero-order valence-corrected chi connectivity index (χ0v) is 20.7. The summed E-state index contributed by atoms with van der Waals surface area (Å²) >= 11 is 0. The maximum absolute atomic E-state index is 14.0. The van der Waals surface area contributed by atoms with Crippen LogP contribution in [-0.2, 0) is 17.8 Å². The molecule has 0 saturated heterocycles. The minimum Gasteiger partial charge on any atom is -0.502 e. The summed E-state index contributed by atoms with van der Waals surface area (Å²) in [5, 5.41) is 14.8. The molecule has 2 amide bonds. The number of methoxy groups -OCH3 is 2. The Morgan fingerprint density at radius 1 is 1.11 bits per heavy atom. The minimum atomic E-state index is -1.06. The van der Waals surface area contributed by atoms with Gasteiger partial charge in [0.25, 0.3) is 11.8 Å². The van der Waals surface area contributed by atoms with Crippen LogP contribution < -0.4 is 20.5 Å². The predicted molar refractivity (Wildman–Crippen MR) is 133 cm³/mol. The molecule has 3 aromatic rings. The SMILES string of the molecule is COCCN1CN(Cc2ccc(OC)cc2)n2cc(C(=O)NCc3ccc(F)cc3F)c(=O)c(O)c2C1=O. The van der Waals surface area contributed by atoms with Crippen molar-refractivity contribution in [2.45, 2.75) is 13.1 Å². The molecule has 0 spiro atoms. The number of amides is 2. The molecule has 0 aliphatic carbocycles. The van der Waals surface area contributed by atoms with Crippen LogP contribution in [0.15, 0.2) is 53.5 Å². The Morgan fingerprint density at radius 2 is 1.84 bits per heavy atom. The molecule has 0 atom stereocenters. The summed E-state index contributed by atoms with van der Waals surface area (Å²) in [6, 6.07) is 10.1. The number of pyridine rings is 1. The Labute approximate surface area is 216 Å². The second-order valence-corrected chi connectivity index (χ2v) is 8.55. The average molecular weight is 529 g/mol. The van der Waals surface area contributed by atoms with Gasteiger partial charge in [-0.1, -0.05) is 18.2 Å². The molecule has 0 saturated carbocycles. The standard InChI is InChI=1S/C26H26F2N4O6/c1-37-10-9-30-15-31(13-16-3-7-19(38-2)8-4-16)32-14-20(23(33)24(34)22(32)26(30)36)25(35)29-12-17-5-6-18(27)11-21(17)28/h3-8,11,14,34H,9-10,12-13,15H2,1-2H3,(H,29,35). The Balaban J connectivity index is 1.69. The third kappa shape index (κ3) is 5.44. The van der Waals surface area contributed by atoms with Crippen molar-refractivity contribution >= 4 is 11.8 Å². The fourth-order valence-corrected chi connectivity index (χ4v) is 4.03. The zero-order chi connectivity index (χ0) is 27.4. The van der Waals surface area contributed by atoms with Crippen LogP contribution in [0.25, 0.3) is 0 Å². The summed E-state index contributed by atoms with van der Waals surface area (Å²) in [7, 11) is 3.04. The van der Waals surface area contributed by atoms with Crippen LogP contribution in [0.5, 0.6) is 11.5 Å². The number of halogens is 2. The molecule has 12 heteroatoms. The lowest BCUT2D eigenvalue weighted by Crippen LogP contribution is -2.54. The van der Waals surface area contributed by atoms with Gasteiger partial charge in [0, 0.05) is 38.0 Å². The van der Waals surface area contributed by atoms with Crippen LogP contribution in [0.3, 0.4) is 0 Å². The van der Waals surface area contributed by atoms with Gasteiger partial charge in [0.05, 0.1) is 20.3 Å². The van der Waals surface area contributed by atoms with E-state index in [1.54, 1.807) is 24.3 Å². The largest absolute Gasteiger partial charge is 0.502 e. The first kappa shape index (κ1) is 26.6. The van der Waals surface area contributed by atoms with E-state index in [1.807, 2.05) is 12.1 Å². The van der Waals surface area contributed by atoms with Crippen molar-refractivity contribution in [1.82, 2.24) is 14.9 Å². The van der Waals surface area contributed by atoms with Crippen LogP contribution in [-0.4, -0.2) is 60.5 Å². The van der Waals surface area contributed by atoms with Crippen molar-refractivity contribution in [3.63, 3.8) is 0 Å². The molecule has 1 aromatic heterocycles. The highest BCUT2D eigenvalue weighted by molar-refractivity contribution is 5.99. The van der Waals surface area contributed by atoms with Crippen molar-refractivity contribution in [2.24, 2.45) is 0 Å². The van der Waals surface area contributed by atoms with Crippen LogP contribution >= 0.6 is 0 Å². The maximum Gasteiger partial charge on any atom is 0.277 e. The molecule has 38 heavy (non-hydrogen) atoms. The summed E-state index contributed by atoms with van der Waals surface area (Å²) < 4.78 is 38.7. The van der Waals surface area contributed by atoms with Gasteiger partial charge in [-0.05, 0) is 23.8 Å². The molecule has 2 N–H and O–H groups in total. The number of hydrogen-bond acceptors (Lipinski definition) is 7. The molecule has 2 heterocycles. The molecule has 2 aromatic carbocycles. The number of hydrogen-bond donors (Lipinski definition) is 2. The minimum absolute atomic E-state index is 0.00660. The number of aromatic hydroxyl groups is 1. The fourth-order valence-electron chi connectivity index (χ4n) is 4.03. The van der Waals surface area contributed by atoms with E-state index in [1.165, 1.54) is 28.9 Å². The molecular formula is C26H26F2N4O6. The molecule has 1 aliphatic rings. The highest BCUT2D eigenvalue weighted by Crippen LogP contribution is 2.23. The molecule has 10 nitrogen and oxygen atoms in total. The van der Waals surface area contributed by atoms with Gasteiger partial charge in [-0.3, -0.25) is 24.1 Å². The number of nitrogens with zero attached hydrogens (tertiary/aromatic N) is 3. The number of carbonyl (C=O) groups excluding carboxylic acids is 2. The zero-order valence-electron chi connectivity index (χ0n) is 20.7. The Bertz CT molecular complexity index is 1410. The van der Waals surface area contributed by atoms with Crippen LogP contribution in [0.1, 0.15) is 32.0 Å². The van der Waals surface area contributed by atoms with Gasteiger partial charge in [-0.25, -0.2) is 8.78 Å². The van der Waals surface area contributed by atoms with Crippen LogP contribution in [0, 0.1) is 11.6 Å². The average Bonchev–Trinajstić information content (AvgIpc) is 2.90. The second kappa shape index (κ2) is 11.3. The summed E-state index contributed by atoms with van der Waals surface area (Å²) in [5.74, 6) is -3.37. The quantitative estimate of drug-likeness (QED) is 0.437. The van der Waals surface area contributed by atoms with Crippen molar-refractivity contribution in [3.8, 4) is 11.5 Å². The number of benzene rings is 2. The lowest BCUT2D eigenvalue weighted by Gasteiger charge is -2.39. The highest BCUT2D eigenvalue weighted by Gasteiger charge is 2.34. The lowest BCUT2D eigenvalue weighted by atomic mass is 10.1. The molecular weight excluding hydrogens is 502 g/mol. The molecule has 1 aliphatic heterocycles. The number of carbonyl (C=O) groups is 2. The van der Waals surface area contributed by atoms with Crippen molar-refractivity contribution in [1.29, 1.82) is 0 Å². The van der Waals surface area contributed by atoms with E-state index in [0.717, 1.165) is 11.6 Å². The first-order chi connectivity index (χ1) is 18.2. The van der Waals surface area contributed by atoms with Crippen LogP contribution in [0.2, 0.25) is 0 Å². The van der Waals surface area contributed by atoms with Crippen molar-refractivity contribution in [3.05, 3.63) is 92.9 Å². The Kier molecular flexibility index (Phi) is 7.91. The van der Waals surface area contributed by atoms with E-state index < -0.39 is 40.2 Å². The van der Waals surface area contributed by atoms with Crippen molar-refractivity contribution < 1.29 is 33.0 Å². The number of aromatic nitrogens is 1. The fraction of sp³-hybridized carbons (Fsp3) is 0.269. The van der Waals surface area contributed by atoms with E-state index in [9.17, 15) is 28.3 Å². The summed E-state index contributed by atoms with van der Waals surface area (Å²) in [6.07, 6.45) is 1.17. The van der Waals surface area contributed by atoms with Crippen LogP contribution in [0.4, 0.5) is 8.78 Å². The molecule has 0 fully saturated rings. The molecule has 0 radical (unpaired) electrons. The number of nitrogens with one attached hydrogen (secondary N) is 1. The van der Waals surface area contributed by atoms with Gasteiger partial charge in [0.1, 0.15) is 29.6 Å². The Morgan fingerprint density at radius 3 is 2.50 bits per heavy atom. The van der Waals surface area contributed by atoms with Gasteiger partial charge in [-0.15, -0.1) is 0 Å². The smallest absolute Gasteiger partial charge is 0.277 e. The predicted octanol–water partition coefficient (Wildman–Crippen LogP) is 1.97. The topological polar surface area (TPSA) is 113 Å².